The Hall–Kier alpha value is -1.70. The zero-order chi connectivity index (χ0) is 16.7. The lowest BCUT2D eigenvalue weighted by atomic mass is 10.1. The van der Waals surface area contributed by atoms with E-state index in [4.69, 9.17) is 0 Å². The number of benzene rings is 2. The second-order valence-corrected chi connectivity index (χ2v) is 5.26. The van der Waals surface area contributed by atoms with Crippen LogP contribution < -0.4 is 10.6 Å². The third-order valence-electron chi connectivity index (χ3n) is 3.63. The molecule has 2 rings (SSSR count). The van der Waals surface area contributed by atoms with E-state index in [1.165, 1.54) is 23.3 Å². The molecule has 0 atom stereocenters. The summed E-state index contributed by atoms with van der Waals surface area (Å²) in [6.45, 7) is 3.23. The molecule has 0 aliphatic heterocycles. The SMILES string of the molecule is CN=C(NCCc1ccc(F)cc1F)NCc1ccccc1C.I. The lowest BCUT2D eigenvalue weighted by Crippen LogP contribution is -2.38. The number of nitrogens with zero attached hydrogens (tertiary/aromatic N) is 1. The molecule has 0 radical (unpaired) electrons. The van der Waals surface area contributed by atoms with Gasteiger partial charge in [0.1, 0.15) is 11.6 Å². The van der Waals surface area contributed by atoms with Gasteiger partial charge in [0.05, 0.1) is 0 Å². The van der Waals surface area contributed by atoms with Crippen molar-refractivity contribution < 1.29 is 8.78 Å². The average Bonchev–Trinajstić information content (AvgIpc) is 2.54. The highest BCUT2D eigenvalue weighted by molar-refractivity contribution is 14.0. The molecule has 2 aromatic rings. The Morgan fingerprint density at radius 1 is 1.04 bits per heavy atom. The third kappa shape index (κ3) is 6.07. The van der Waals surface area contributed by atoms with E-state index in [1.807, 2.05) is 12.1 Å². The first kappa shape index (κ1) is 20.3. The van der Waals surface area contributed by atoms with Gasteiger partial charge in [0.2, 0.25) is 0 Å². The second kappa shape index (κ2) is 10.2. The van der Waals surface area contributed by atoms with Crippen molar-refractivity contribution in [2.75, 3.05) is 13.6 Å². The average molecular weight is 445 g/mol. The monoisotopic (exact) mass is 445 g/mol. The van der Waals surface area contributed by atoms with Crippen molar-refractivity contribution in [1.29, 1.82) is 0 Å². The Morgan fingerprint density at radius 2 is 1.79 bits per heavy atom. The maximum Gasteiger partial charge on any atom is 0.191 e. The maximum absolute atomic E-state index is 13.6. The van der Waals surface area contributed by atoms with Crippen LogP contribution in [0.25, 0.3) is 0 Å². The Morgan fingerprint density at radius 3 is 2.46 bits per heavy atom. The van der Waals surface area contributed by atoms with E-state index in [0.717, 1.165) is 6.07 Å². The van der Waals surface area contributed by atoms with E-state index in [9.17, 15) is 8.78 Å². The highest BCUT2D eigenvalue weighted by Crippen LogP contribution is 2.09. The van der Waals surface area contributed by atoms with E-state index in [-0.39, 0.29) is 24.0 Å². The third-order valence-corrected chi connectivity index (χ3v) is 3.63. The van der Waals surface area contributed by atoms with Gasteiger partial charge < -0.3 is 10.6 Å². The van der Waals surface area contributed by atoms with Crippen molar-refractivity contribution in [3.8, 4) is 0 Å². The van der Waals surface area contributed by atoms with Crippen molar-refractivity contribution in [3.63, 3.8) is 0 Å². The van der Waals surface area contributed by atoms with E-state index in [0.29, 0.717) is 31.0 Å². The highest BCUT2D eigenvalue weighted by atomic mass is 127. The van der Waals surface area contributed by atoms with Crippen molar-refractivity contribution >= 4 is 29.9 Å². The highest BCUT2D eigenvalue weighted by Gasteiger charge is 2.05. The first-order valence-corrected chi connectivity index (χ1v) is 7.53. The summed E-state index contributed by atoms with van der Waals surface area (Å²) in [5.74, 6) is -0.430. The molecule has 0 spiro atoms. The van der Waals surface area contributed by atoms with Crippen molar-refractivity contribution in [2.45, 2.75) is 19.9 Å². The van der Waals surface area contributed by atoms with E-state index in [1.54, 1.807) is 7.05 Å². The minimum Gasteiger partial charge on any atom is -0.356 e. The molecular formula is C18H22F2IN3. The summed E-state index contributed by atoms with van der Waals surface area (Å²) in [5.41, 5.74) is 2.89. The van der Waals surface area contributed by atoms with Crippen LogP contribution in [0.4, 0.5) is 8.78 Å². The van der Waals surface area contributed by atoms with Crippen LogP contribution in [0.15, 0.2) is 47.5 Å². The first-order valence-electron chi connectivity index (χ1n) is 7.53. The molecule has 0 fully saturated rings. The number of hydrogen-bond donors (Lipinski definition) is 2. The normalized spacial score (nSPS) is 10.9. The lowest BCUT2D eigenvalue weighted by Gasteiger charge is -2.13. The van der Waals surface area contributed by atoms with Crippen LogP contribution in [0.1, 0.15) is 16.7 Å². The zero-order valence-corrected chi connectivity index (χ0v) is 16.1. The molecule has 6 heteroatoms. The van der Waals surface area contributed by atoms with Crippen LogP contribution in [0.5, 0.6) is 0 Å². The van der Waals surface area contributed by atoms with Crippen molar-refractivity contribution in [1.82, 2.24) is 10.6 Å². The standard InChI is InChI=1S/C18H21F2N3.HI/c1-13-5-3-4-6-15(13)12-23-18(21-2)22-10-9-14-7-8-16(19)11-17(14)20;/h3-8,11H,9-10,12H2,1-2H3,(H2,21,22,23);1H. The molecule has 2 N–H and O–H groups in total. The Labute approximate surface area is 158 Å². The predicted molar refractivity (Wildman–Crippen MR) is 105 cm³/mol. The van der Waals surface area contributed by atoms with Gasteiger partial charge in [-0.15, -0.1) is 24.0 Å². The Balaban J connectivity index is 0.00000288. The van der Waals surface area contributed by atoms with Gasteiger partial charge in [-0.1, -0.05) is 30.3 Å². The van der Waals surface area contributed by atoms with Crippen LogP contribution >= 0.6 is 24.0 Å². The summed E-state index contributed by atoms with van der Waals surface area (Å²) in [5, 5.41) is 6.35. The summed E-state index contributed by atoms with van der Waals surface area (Å²) in [6, 6.07) is 11.8. The zero-order valence-electron chi connectivity index (χ0n) is 13.8. The van der Waals surface area contributed by atoms with Gasteiger partial charge in [-0.2, -0.15) is 0 Å². The van der Waals surface area contributed by atoms with Crippen LogP contribution in [-0.2, 0) is 13.0 Å². The summed E-state index contributed by atoms with van der Waals surface area (Å²) >= 11 is 0. The molecule has 0 saturated carbocycles. The number of hydrogen-bond acceptors (Lipinski definition) is 1. The predicted octanol–water partition coefficient (Wildman–Crippen LogP) is 3.80. The van der Waals surface area contributed by atoms with E-state index >= 15 is 0 Å². The Bertz CT molecular complexity index is 690. The fourth-order valence-electron chi connectivity index (χ4n) is 2.25. The molecule has 0 bridgehead atoms. The van der Waals surface area contributed by atoms with E-state index < -0.39 is 11.6 Å². The largest absolute Gasteiger partial charge is 0.356 e. The number of rotatable bonds is 5. The molecular weight excluding hydrogens is 423 g/mol. The van der Waals surface area contributed by atoms with Gasteiger partial charge in [0, 0.05) is 26.2 Å². The van der Waals surface area contributed by atoms with Crippen LogP contribution in [0.2, 0.25) is 0 Å². The van der Waals surface area contributed by atoms with E-state index in [2.05, 4.69) is 34.7 Å². The number of guanidine groups is 1. The molecule has 0 unspecified atom stereocenters. The smallest absolute Gasteiger partial charge is 0.191 e. The Kier molecular flexibility index (Phi) is 8.67. The minimum absolute atomic E-state index is 0. The fraction of sp³-hybridized carbons (Fsp3) is 0.278. The molecule has 0 heterocycles. The number of halogens is 3. The summed E-state index contributed by atoms with van der Waals surface area (Å²) in [7, 11) is 1.69. The number of nitrogens with one attached hydrogen (secondary N) is 2. The summed E-state index contributed by atoms with van der Waals surface area (Å²) in [4.78, 5) is 4.14. The number of aliphatic imine (C=N–C) groups is 1. The van der Waals surface area contributed by atoms with Crippen LogP contribution in [0, 0.1) is 18.6 Å². The fourth-order valence-corrected chi connectivity index (χ4v) is 2.25. The summed E-state index contributed by atoms with van der Waals surface area (Å²) < 4.78 is 26.4. The van der Waals surface area contributed by atoms with Gasteiger partial charge in [0.15, 0.2) is 5.96 Å². The van der Waals surface area contributed by atoms with Gasteiger partial charge in [-0.3, -0.25) is 4.99 Å². The summed E-state index contributed by atoms with van der Waals surface area (Å²) in [6.07, 6.45) is 0.456. The van der Waals surface area contributed by atoms with Gasteiger partial charge in [-0.25, -0.2) is 8.78 Å². The number of aryl methyl sites for hydroxylation is 1. The molecule has 3 nitrogen and oxygen atoms in total. The van der Waals surface area contributed by atoms with Crippen LogP contribution in [-0.4, -0.2) is 19.6 Å². The minimum atomic E-state index is -0.560. The second-order valence-electron chi connectivity index (χ2n) is 5.26. The molecule has 0 aromatic heterocycles. The van der Waals surface area contributed by atoms with Gasteiger partial charge >= 0.3 is 0 Å². The topological polar surface area (TPSA) is 36.4 Å². The molecule has 130 valence electrons. The molecule has 0 saturated heterocycles. The molecule has 2 aromatic carbocycles. The van der Waals surface area contributed by atoms with Crippen LogP contribution in [0.3, 0.4) is 0 Å². The van der Waals surface area contributed by atoms with Crippen molar-refractivity contribution in [3.05, 3.63) is 70.8 Å². The van der Waals surface area contributed by atoms with Gasteiger partial charge in [0.25, 0.3) is 0 Å². The first-order chi connectivity index (χ1) is 11.1. The molecule has 0 aliphatic carbocycles. The molecule has 0 amide bonds. The van der Waals surface area contributed by atoms with Crippen molar-refractivity contribution in [2.24, 2.45) is 4.99 Å². The molecule has 24 heavy (non-hydrogen) atoms. The lowest BCUT2D eigenvalue weighted by molar-refractivity contribution is 0.570. The maximum atomic E-state index is 13.6. The molecule has 0 aliphatic rings. The quantitative estimate of drug-likeness (QED) is 0.418. The van der Waals surface area contributed by atoms with Gasteiger partial charge in [-0.05, 0) is 36.1 Å².